The second kappa shape index (κ2) is 11.3. The third-order valence-electron chi connectivity index (χ3n) is 6.42. The maximum absolute atomic E-state index is 13.1. The highest BCUT2D eigenvalue weighted by Gasteiger charge is 2.35. The fourth-order valence-corrected chi connectivity index (χ4v) is 4.41. The van der Waals surface area contributed by atoms with E-state index >= 15 is 0 Å². The van der Waals surface area contributed by atoms with Gasteiger partial charge < -0.3 is 10.1 Å². The van der Waals surface area contributed by atoms with Gasteiger partial charge in [0.25, 0.3) is 5.91 Å². The van der Waals surface area contributed by atoms with Crippen molar-refractivity contribution in [3.8, 4) is 5.75 Å². The molecule has 2 amide bonds. The Morgan fingerprint density at radius 2 is 1.91 bits per heavy atom. The van der Waals surface area contributed by atoms with Gasteiger partial charge >= 0.3 is 0 Å². The summed E-state index contributed by atoms with van der Waals surface area (Å²) in [5.74, 6) is 0.288. The molecule has 1 aliphatic carbocycles. The molecule has 3 N–H and O–H groups in total. The molecule has 33 heavy (non-hydrogen) atoms. The monoisotopic (exact) mass is 451 g/mol. The lowest BCUT2D eigenvalue weighted by Gasteiger charge is -2.17. The van der Waals surface area contributed by atoms with Gasteiger partial charge in [0.05, 0.1) is 5.57 Å². The highest BCUT2D eigenvalue weighted by molar-refractivity contribution is 5.94. The zero-order valence-electron chi connectivity index (χ0n) is 19.0. The Morgan fingerprint density at radius 3 is 2.73 bits per heavy atom. The number of hydrogen-bond acceptors (Lipinski definition) is 5. The average Bonchev–Trinajstić information content (AvgIpc) is 3.59. The zero-order valence-corrected chi connectivity index (χ0v) is 19.0. The molecule has 0 aromatic heterocycles. The Bertz CT molecular complexity index is 997. The molecule has 2 aliphatic rings. The number of benzene rings is 2. The van der Waals surface area contributed by atoms with E-state index in [1.165, 1.54) is 12.8 Å². The van der Waals surface area contributed by atoms with Crippen LogP contribution in [0.5, 0.6) is 5.75 Å². The number of nitrogens with one attached hydrogen (secondary N) is 2. The van der Waals surface area contributed by atoms with Crippen LogP contribution < -0.4 is 15.5 Å². The summed E-state index contributed by atoms with van der Waals surface area (Å²) in [6.07, 6.45) is 7.77. The third-order valence-corrected chi connectivity index (χ3v) is 6.42. The van der Waals surface area contributed by atoms with E-state index in [1.807, 2.05) is 48.5 Å². The number of fused-ring (bicyclic) bond motifs is 1. The van der Waals surface area contributed by atoms with Gasteiger partial charge in [0, 0.05) is 37.0 Å². The first kappa shape index (κ1) is 23.3. The van der Waals surface area contributed by atoms with E-state index in [0.29, 0.717) is 24.5 Å². The number of nitrogens with zero attached hydrogens (tertiary/aromatic N) is 1. The number of likely N-dealkylation sites (tertiary alicyclic amines) is 1. The van der Waals surface area contributed by atoms with E-state index in [9.17, 15) is 9.59 Å². The van der Waals surface area contributed by atoms with Crippen molar-refractivity contribution in [3.63, 3.8) is 0 Å². The Hall–Kier alpha value is -2.90. The van der Waals surface area contributed by atoms with Crippen molar-refractivity contribution in [1.82, 2.24) is 15.7 Å². The van der Waals surface area contributed by atoms with E-state index in [-0.39, 0.29) is 25.0 Å². The summed E-state index contributed by atoms with van der Waals surface area (Å²) in [6.45, 7) is 2.16. The van der Waals surface area contributed by atoms with Crippen molar-refractivity contribution < 1.29 is 19.5 Å². The van der Waals surface area contributed by atoms with Gasteiger partial charge in [-0.25, -0.2) is 5.48 Å². The fourth-order valence-electron chi connectivity index (χ4n) is 4.41. The number of ether oxygens (including phenoxy) is 1. The first-order valence-electron chi connectivity index (χ1n) is 11.9. The molecule has 2 aromatic carbocycles. The standard InChI is InChI=1S/C26H33N3O4/c30-25(28-32)12-3-1-2-8-20(26(31)27-21-15-16-29(17-21)22-13-14-22)18-33-24-11-6-9-19-7-4-5-10-23(19)24/h4-11,21-22,32H,1-3,12-18H2,(H,27,31)(H,28,30). The molecule has 1 heterocycles. The molecule has 1 saturated carbocycles. The lowest BCUT2D eigenvalue weighted by atomic mass is 10.1. The normalized spacial score (nSPS) is 18.9. The minimum absolute atomic E-state index is 0.0778. The molecule has 1 unspecified atom stereocenters. The number of rotatable bonds is 11. The van der Waals surface area contributed by atoms with Gasteiger partial charge in [0.15, 0.2) is 0 Å². The summed E-state index contributed by atoms with van der Waals surface area (Å²) >= 11 is 0. The lowest BCUT2D eigenvalue weighted by Crippen LogP contribution is -2.39. The predicted molar refractivity (Wildman–Crippen MR) is 127 cm³/mol. The van der Waals surface area contributed by atoms with Crippen molar-refractivity contribution in [2.24, 2.45) is 0 Å². The quantitative estimate of drug-likeness (QED) is 0.210. The van der Waals surface area contributed by atoms with Crippen LogP contribution in [-0.2, 0) is 9.59 Å². The summed E-state index contributed by atoms with van der Waals surface area (Å²) in [4.78, 5) is 26.8. The number of carbonyl (C=O) groups excluding carboxylic acids is 2. The Balaban J connectivity index is 1.38. The summed E-state index contributed by atoms with van der Waals surface area (Å²) in [5.41, 5.74) is 2.26. The minimum atomic E-state index is -0.391. The van der Waals surface area contributed by atoms with Gasteiger partial charge in [0.2, 0.25) is 5.91 Å². The first-order chi connectivity index (χ1) is 16.1. The van der Waals surface area contributed by atoms with E-state index in [2.05, 4.69) is 10.2 Å². The maximum atomic E-state index is 13.1. The molecule has 7 heteroatoms. The van der Waals surface area contributed by atoms with Gasteiger partial charge in [0.1, 0.15) is 12.4 Å². The summed E-state index contributed by atoms with van der Waals surface area (Å²) in [6, 6.07) is 14.8. The summed E-state index contributed by atoms with van der Waals surface area (Å²) in [7, 11) is 0. The smallest absolute Gasteiger partial charge is 0.250 e. The Morgan fingerprint density at radius 1 is 1.09 bits per heavy atom. The molecule has 2 fully saturated rings. The number of carbonyl (C=O) groups is 2. The SMILES string of the molecule is O=C(CCCCC=C(COc1cccc2ccccc12)C(=O)NC1CCN(C2CC2)C1)NO. The van der Waals surface area contributed by atoms with Crippen molar-refractivity contribution >= 4 is 22.6 Å². The first-order valence-corrected chi connectivity index (χ1v) is 11.9. The van der Waals surface area contributed by atoms with Crippen LogP contribution in [0.25, 0.3) is 10.8 Å². The van der Waals surface area contributed by atoms with Crippen LogP contribution in [0.15, 0.2) is 54.1 Å². The second-order valence-corrected chi connectivity index (χ2v) is 8.96. The molecular weight excluding hydrogens is 418 g/mol. The van der Waals surface area contributed by atoms with Crippen LogP contribution in [0.1, 0.15) is 44.9 Å². The number of amides is 2. The van der Waals surface area contributed by atoms with Crippen LogP contribution in [0, 0.1) is 0 Å². The molecule has 176 valence electrons. The number of allylic oxidation sites excluding steroid dienone is 1. The summed E-state index contributed by atoms with van der Waals surface area (Å²) < 4.78 is 6.11. The molecule has 1 atom stereocenters. The van der Waals surface area contributed by atoms with Crippen molar-refractivity contribution in [2.45, 2.75) is 57.0 Å². The largest absolute Gasteiger partial charge is 0.488 e. The molecule has 7 nitrogen and oxygen atoms in total. The highest BCUT2D eigenvalue weighted by Crippen LogP contribution is 2.30. The van der Waals surface area contributed by atoms with Crippen molar-refractivity contribution in [3.05, 3.63) is 54.1 Å². The van der Waals surface area contributed by atoms with Crippen LogP contribution in [0.2, 0.25) is 0 Å². The molecule has 4 rings (SSSR count). The Labute approximate surface area is 194 Å². The fraction of sp³-hybridized carbons (Fsp3) is 0.462. The molecular formula is C26H33N3O4. The highest BCUT2D eigenvalue weighted by atomic mass is 16.5. The third kappa shape index (κ3) is 6.55. The zero-order chi connectivity index (χ0) is 23.0. The number of hydroxylamine groups is 1. The van der Waals surface area contributed by atoms with E-state index in [4.69, 9.17) is 9.94 Å². The molecule has 0 bridgehead atoms. The molecule has 0 spiro atoms. The second-order valence-electron chi connectivity index (χ2n) is 8.96. The van der Waals surface area contributed by atoms with Gasteiger partial charge in [-0.2, -0.15) is 0 Å². The summed E-state index contributed by atoms with van der Waals surface area (Å²) in [5, 5.41) is 13.9. The topological polar surface area (TPSA) is 90.9 Å². The van der Waals surface area contributed by atoms with Gasteiger partial charge in [-0.1, -0.05) is 42.5 Å². The molecule has 1 saturated heterocycles. The van der Waals surface area contributed by atoms with Crippen molar-refractivity contribution in [1.29, 1.82) is 0 Å². The number of unbranched alkanes of at least 4 members (excludes halogenated alkanes) is 2. The van der Waals surface area contributed by atoms with Crippen LogP contribution in [0.3, 0.4) is 0 Å². The Kier molecular flexibility index (Phi) is 7.96. The molecule has 1 aliphatic heterocycles. The van der Waals surface area contributed by atoms with Gasteiger partial charge in [-0.3, -0.25) is 19.7 Å². The van der Waals surface area contributed by atoms with Crippen LogP contribution in [-0.4, -0.2) is 53.7 Å². The average molecular weight is 452 g/mol. The molecule has 2 aromatic rings. The van der Waals surface area contributed by atoms with E-state index in [0.717, 1.165) is 42.5 Å². The predicted octanol–water partition coefficient (Wildman–Crippen LogP) is 3.56. The van der Waals surface area contributed by atoms with Gasteiger partial charge in [-0.15, -0.1) is 0 Å². The van der Waals surface area contributed by atoms with E-state index < -0.39 is 5.91 Å². The molecule has 0 radical (unpaired) electrons. The lowest BCUT2D eigenvalue weighted by molar-refractivity contribution is -0.129. The van der Waals surface area contributed by atoms with Crippen molar-refractivity contribution in [2.75, 3.05) is 19.7 Å². The number of hydrogen-bond donors (Lipinski definition) is 3. The minimum Gasteiger partial charge on any atom is -0.488 e. The maximum Gasteiger partial charge on any atom is 0.250 e. The van der Waals surface area contributed by atoms with Crippen LogP contribution in [0.4, 0.5) is 0 Å². The van der Waals surface area contributed by atoms with Crippen LogP contribution >= 0.6 is 0 Å². The van der Waals surface area contributed by atoms with E-state index in [1.54, 1.807) is 5.48 Å². The van der Waals surface area contributed by atoms with Gasteiger partial charge in [-0.05, 0) is 50.0 Å².